The van der Waals surface area contributed by atoms with Crippen LogP contribution in [0.1, 0.15) is 18.2 Å². The summed E-state index contributed by atoms with van der Waals surface area (Å²) in [5.74, 6) is 0.462. The van der Waals surface area contributed by atoms with Crippen LogP contribution in [0.2, 0.25) is 0 Å². The molecular weight excluding hydrogens is 427 g/mol. The molecule has 0 aliphatic carbocycles. The fraction of sp³-hybridized carbons (Fsp3) is 0.182. The Morgan fingerprint density at radius 1 is 1.13 bits per heavy atom. The molecule has 0 saturated heterocycles. The lowest BCUT2D eigenvalue weighted by molar-refractivity contribution is -0.137. The highest BCUT2D eigenvalue weighted by Crippen LogP contribution is 2.30. The van der Waals surface area contributed by atoms with E-state index >= 15 is 0 Å². The number of thiazole rings is 1. The second kappa shape index (κ2) is 8.43. The zero-order valence-corrected chi connectivity index (χ0v) is 17.3. The van der Waals surface area contributed by atoms with Crippen molar-refractivity contribution in [2.45, 2.75) is 19.5 Å². The average molecular weight is 445 g/mol. The minimum atomic E-state index is -4.41. The first-order valence-corrected chi connectivity index (χ1v) is 10.4. The van der Waals surface area contributed by atoms with Gasteiger partial charge in [-0.2, -0.15) is 13.2 Å². The summed E-state index contributed by atoms with van der Waals surface area (Å²) in [4.78, 5) is 17.8. The zero-order valence-electron chi connectivity index (χ0n) is 16.4. The molecule has 9 heteroatoms. The van der Waals surface area contributed by atoms with E-state index < -0.39 is 11.7 Å². The number of carbonyl (C=O) groups is 1. The second-order valence-corrected chi connectivity index (χ2v) is 7.60. The normalized spacial score (nSPS) is 11.6. The van der Waals surface area contributed by atoms with Gasteiger partial charge >= 0.3 is 6.18 Å². The van der Waals surface area contributed by atoms with Crippen LogP contribution in [-0.2, 0) is 17.4 Å². The molecule has 0 spiro atoms. The molecule has 0 fully saturated rings. The topological polar surface area (TPSA) is 55.6 Å². The Balaban J connectivity index is 1.46. The van der Waals surface area contributed by atoms with Gasteiger partial charge in [0.25, 0.3) is 0 Å². The van der Waals surface area contributed by atoms with E-state index in [1.54, 1.807) is 0 Å². The van der Waals surface area contributed by atoms with Gasteiger partial charge in [-0.1, -0.05) is 0 Å². The van der Waals surface area contributed by atoms with Crippen LogP contribution in [0.15, 0.2) is 60.1 Å². The molecule has 0 radical (unpaired) electrons. The molecule has 0 aliphatic rings. The number of ether oxygens (including phenoxy) is 1. The molecule has 4 rings (SSSR count). The van der Waals surface area contributed by atoms with Crippen LogP contribution >= 0.6 is 11.3 Å². The number of fused-ring (bicyclic) bond motifs is 1. The molecule has 4 aromatic rings. The van der Waals surface area contributed by atoms with Crippen LogP contribution in [0, 0.1) is 0 Å². The monoisotopic (exact) mass is 445 g/mol. The summed E-state index contributed by atoms with van der Waals surface area (Å²) in [5.41, 5.74) is 2.00. The van der Waals surface area contributed by atoms with E-state index in [-0.39, 0.29) is 12.3 Å². The SMILES string of the molecule is CCOc1ccc(-c2cn3c(CC(=O)Nc4ccc(C(F)(F)F)cc4)csc3n2)cc1. The van der Waals surface area contributed by atoms with Gasteiger partial charge in [0.2, 0.25) is 5.91 Å². The van der Waals surface area contributed by atoms with E-state index in [0.29, 0.717) is 12.3 Å². The highest BCUT2D eigenvalue weighted by atomic mass is 32.1. The van der Waals surface area contributed by atoms with Gasteiger partial charge in [0, 0.05) is 28.5 Å². The van der Waals surface area contributed by atoms with Gasteiger partial charge in [0.05, 0.1) is 24.3 Å². The fourth-order valence-corrected chi connectivity index (χ4v) is 3.97. The maximum Gasteiger partial charge on any atom is 0.416 e. The Labute approximate surface area is 180 Å². The van der Waals surface area contributed by atoms with Crippen molar-refractivity contribution in [2.75, 3.05) is 11.9 Å². The highest BCUT2D eigenvalue weighted by Gasteiger charge is 2.30. The molecular formula is C22H18F3N3O2S. The molecule has 2 aromatic carbocycles. The third-order valence-electron chi connectivity index (χ3n) is 4.58. The minimum absolute atomic E-state index is 0.0695. The number of amides is 1. The predicted molar refractivity (Wildman–Crippen MR) is 113 cm³/mol. The Bertz CT molecular complexity index is 1200. The number of nitrogens with zero attached hydrogens (tertiary/aromatic N) is 2. The van der Waals surface area contributed by atoms with E-state index in [4.69, 9.17) is 4.74 Å². The minimum Gasteiger partial charge on any atom is -0.494 e. The molecule has 31 heavy (non-hydrogen) atoms. The van der Waals surface area contributed by atoms with Crippen LogP contribution < -0.4 is 10.1 Å². The predicted octanol–water partition coefficient (Wildman–Crippen LogP) is 5.66. The van der Waals surface area contributed by atoms with Crippen molar-refractivity contribution in [2.24, 2.45) is 0 Å². The number of imidazole rings is 1. The number of carbonyl (C=O) groups excluding carboxylic acids is 1. The summed E-state index contributed by atoms with van der Waals surface area (Å²) < 4.78 is 45.3. The summed E-state index contributed by atoms with van der Waals surface area (Å²) in [5, 5.41) is 4.47. The van der Waals surface area contributed by atoms with Gasteiger partial charge < -0.3 is 10.1 Å². The third kappa shape index (κ3) is 4.72. The molecule has 160 valence electrons. The molecule has 5 nitrogen and oxygen atoms in total. The van der Waals surface area contributed by atoms with E-state index in [2.05, 4.69) is 10.3 Å². The van der Waals surface area contributed by atoms with Crippen LogP contribution in [-0.4, -0.2) is 21.9 Å². The van der Waals surface area contributed by atoms with Gasteiger partial charge in [-0.25, -0.2) is 4.98 Å². The first kappa shape index (κ1) is 20.9. The molecule has 1 N–H and O–H groups in total. The van der Waals surface area contributed by atoms with E-state index in [1.165, 1.54) is 23.5 Å². The molecule has 0 unspecified atom stereocenters. The number of aromatic nitrogens is 2. The molecule has 2 heterocycles. The zero-order chi connectivity index (χ0) is 22.0. The Kier molecular flexibility index (Phi) is 5.69. The Hall–Kier alpha value is -3.33. The smallest absolute Gasteiger partial charge is 0.416 e. The number of anilines is 1. The standard InChI is InChI=1S/C22H18F3N3O2S/c1-2-30-18-9-3-14(4-10-18)19-12-28-17(13-31-21(28)27-19)11-20(29)26-16-7-5-15(6-8-16)22(23,24)25/h3-10,12-13H,2,11H2,1H3,(H,26,29). The van der Waals surface area contributed by atoms with Crippen molar-refractivity contribution in [1.82, 2.24) is 9.38 Å². The molecule has 0 bridgehead atoms. The fourth-order valence-electron chi connectivity index (χ4n) is 3.10. The van der Waals surface area contributed by atoms with Crippen molar-refractivity contribution in [3.05, 3.63) is 71.4 Å². The number of nitrogens with one attached hydrogen (secondary N) is 1. The van der Waals surface area contributed by atoms with Crippen LogP contribution in [0.5, 0.6) is 5.75 Å². The van der Waals surface area contributed by atoms with Crippen LogP contribution in [0.25, 0.3) is 16.2 Å². The largest absolute Gasteiger partial charge is 0.494 e. The molecule has 1 amide bonds. The number of benzene rings is 2. The molecule has 0 saturated carbocycles. The number of halogens is 3. The quantitative estimate of drug-likeness (QED) is 0.417. The summed E-state index contributed by atoms with van der Waals surface area (Å²) >= 11 is 1.42. The van der Waals surface area contributed by atoms with Gasteiger partial charge in [-0.3, -0.25) is 9.20 Å². The van der Waals surface area contributed by atoms with Gasteiger partial charge in [-0.15, -0.1) is 11.3 Å². The lowest BCUT2D eigenvalue weighted by Crippen LogP contribution is -2.15. The maximum absolute atomic E-state index is 12.7. The van der Waals surface area contributed by atoms with Gasteiger partial charge in [0.15, 0.2) is 4.96 Å². The van der Waals surface area contributed by atoms with Crippen molar-refractivity contribution in [3.8, 4) is 17.0 Å². The number of hydrogen-bond acceptors (Lipinski definition) is 4. The first-order valence-electron chi connectivity index (χ1n) is 9.49. The summed E-state index contributed by atoms with van der Waals surface area (Å²) in [6, 6.07) is 12.0. The van der Waals surface area contributed by atoms with Crippen molar-refractivity contribution < 1.29 is 22.7 Å². The Morgan fingerprint density at radius 3 is 2.48 bits per heavy atom. The summed E-state index contributed by atoms with van der Waals surface area (Å²) in [6.45, 7) is 2.52. The van der Waals surface area contributed by atoms with Crippen molar-refractivity contribution in [1.29, 1.82) is 0 Å². The van der Waals surface area contributed by atoms with E-state index in [1.807, 2.05) is 47.2 Å². The lowest BCUT2D eigenvalue weighted by Gasteiger charge is -2.08. The first-order chi connectivity index (χ1) is 14.8. The maximum atomic E-state index is 12.7. The van der Waals surface area contributed by atoms with Crippen molar-refractivity contribution in [3.63, 3.8) is 0 Å². The number of alkyl halides is 3. The lowest BCUT2D eigenvalue weighted by atomic mass is 10.1. The molecule has 0 atom stereocenters. The van der Waals surface area contributed by atoms with Crippen LogP contribution in [0.4, 0.5) is 18.9 Å². The highest BCUT2D eigenvalue weighted by molar-refractivity contribution is 7.15. The van der Waals surface area contributed by atoms with Crippen LogP contribution in [0.3, 0.4) is 0 Å². The average Bonchev–Trinajstić information content (AvgIpc) is 3.31. The van der Waals surface area contributed by atoms with Crippen molar-refractivity contribution >= 4 is 27.9 Å². The summed E-state index contributed by atoms with van der Waals surface area (Å²) in [7, 11) is 0. The van der Waals surface area contributed by atoms with E-state index in [0.717, 1.165) is 39.8 Å². The Morgan fingerprint density at radius 2 is 1.84 bits per heavy atom. The second-order valence-electron chi connectivity index (χ2n) is 6.76. The molecule has 0 aliphatic heterocycles. The summed E-state index contributed by atoms with van der Waals surface area (Å²) in [6.07, 6.45) is -2.48. The molecule has 2 aromatic heterocycles. The third-order valence-corrected chi connectivity index (χ3v) is 5.47. The number of hydrogen-bond donors (Lipinski definition) is 1. The van der Waals surface area contributed by atoms with E-state index in [9.17, 15) is 18.0 Å². The van der Waals surface area contributed by atoms with Gasteiger partial charge in [0.1, 0.15) is 5.75 Å². The van der Waals surface area contributed by atoms with Gasteiger partial charge in [-0.05, 0) is 55.5 Å². The number of rotatable bonds is 6.